The molecule has 1 aromatic rings. The minimum atomic E-state index is -2.92. The monoisotopic (exact) mass is 299 g/mol. The maximum absolute atomic E-state index is 11.6. The first kappa shape index (κ1) is 15.1. The quantitative estimate of drug-likeness (QED) is 0.863. The molecular weight excluding hydrogens is 278 g/mol. The summed E-state index contributed by atoms with van der Waals surface area (Å²) >= 11 is 0. The van der Waals surface area contributed by atoms with E-state index in [1.165, 1.54) is 0 Å². The molecule has 1 unspecified atom stereocenters. The van der Waals surface area contributed by atoms with E-state index in [0.717, 1.165) is 12.1 Å². The van der Waals surface area contributed by atoms with Crippen LogP contribution in [0.15, 0.2) is 18.2 Å². The van der Waals surface area contributed by atoms with E-state index in [9.17, 15) is 13.5 Å². The van der Waals surface area contributed by atoms with Gasteiger partial charge in [-0.15, -0.1) is 0 Å². The van der Waals surface area contributed by atoms with E-state index < -0.39 is 9.84 Å². The first-order valence-electron chi connectivity index (χ1n) is 6.87. The summed E-state index contributed by atoms with van der Waals surface area (Å²) in [6, 6.07) is 5.41. The molecule has 0 amide bonds. The van der Waals surface area contributed by atoms with E-state index in [0.29, 0.717) is 24.3 Å². The number of rotatable bonds is 5. The summed E-state index contributed by atoms with van der Waals surface area (Å²) in [7, 11) is -2.92. The number of hydrogen-bond acceptors (Lipinski definition) is 5. The largest absolute Gasteiger partial charge is 0.494 e. The normalized spacial score (nSPS) is 21.4. The lowest BCUT2D eigenvalue weighted by molar-refractivity contribution is 0.267. The average molecular weight is 299 g/mol. The highest BCUT2D eigenvalue weighted by Gasteiger charge is 2.24. The van der Waals surface area contributed by atoms with Crippen molar-refractivity contribution in [2.45, 2.75) is 32.4 Å². The molecule has 1 atom stereocenters. The number of hydrogen-bond donors (Lipinski definition) is 2. The standard InChI is InChI=1S/C14H21NO4S/c1-2-19-14-6-5-12(8-11(14)9-16)15-13-4-3-7-20(17,18)10-13/h5-6,8,13,15-16H,2-4,7,9-10H2,1H3. The Morgan fingerprint density at radius 3 is 2.90 bits per heavy atom. The van der Waals surface area contributed by atoms with Crippen LogP contribution in [-0.2, 0) is 16.4 Å². The van der Waals surface area contributed by atoms with Crippen LogP contribution in [0.25, 0.3) is 0 Å². The fraction of sp³-hybridized carbons (Fsp3) is 0.571. The SMILES string of the molecule is CCOc1ccc(NC2CCCS(=O)(=O)C2)cc1CO. The average Bonchev–Trinajstić information content (AvgIpc) is 2.39. The van der Waals surface area contributed by atoms with Gasteiger partial charge in [0.2, 0.25) is 0 Å². The van der Waals surface area contributed by atoms with Crippen LogP contribution in [0.3, 0.4) is 0 Å². The highest BCUT2D eigenvalue weighted by Crippen LogP contribution is 2.25. The number of anilines is 1. The van der Waals surface area contributed by atoms with Gasteiger partial charge in [-0.05, 0) is 38.0 Å². The number of ether oxygens (including phenoxy) is 1. The van der Waals surface area contributed by atoms with Gasteiger partial charge in [0.1, 0.15) is 5.75 Å². The van der Waals surface area contributed by atoms with E-state index in [4.69, 9.17) is 4.74 Å². The molecule has 1 aliphatic heterocycles. The third kappa shape index (κ3) is 3.86. The van der Waals surface area contributed by atoms with Gasteiger partial charge in [-0.2, -0.15) is 0 Å². The van der Waals surface area contributed by atoms with Crippen molar-refractivity contribution in [3.63, 3.8) is 0 Å². The highest BCUT2D eigenvalue weighted by molar-refractivity contribution is 7.91. The molecule has 1 aromatic carbocycles. The van der Waals surface area contributed by atoms with Crippen LogP contribution >= 0.6 is 0 Å². The van der Waals surface area contributed by atoms with Crippen molar-refractivity contribution >= 4 is 15.5 Å². The Kier molecular flexibility index (Phi) is 4.88. The predicted molar refractivity (Wildman–Crippen MR) is 78.8 cm³/mol. The van der Waals surface area contributed by atoms with Crippen molar-refractivity contribution in [1.82, 2.24) is 0 Å². The van der Waals surface area contributed by atoms with Gasteiger partial charge in [0.25, 0.3) is 0 Å². The highest BCUT2D eigenvalue weighted by atomic mass is 32.2. The molecule has 112 valence electrons. The van der Waals surface area contributed by atoms with Crippen molar-refractivity contribution in [1.29, 1.82) is 0 Å². The smallest absolute Gasteiger partial charge is 0.152 e. The zero-order valence-electron chi connectivity index (χ0n) is 11.6. The molecule has 0 spiro atoms. The van der Waals surface area contributed by atoms with Crippen LogP contribution < -0.4 is 10.1 Å². The van der Waals surface area contributed by atoms with Crippen LogP contribution in [0.1, 0.15) is 25.3 Å². The molecule has 2 N–H and O–H groups in total. The third-order valence-corrected chi connectivity index (χ3v) is 5.19. The fourth-order valence-corrected chi connectivity index (χ4v) is 4.10. The summed E-state index contributed by atoms with van der Waals surface area (Å²) in [6.07, 6.45) is 1.55. The van der Waals surface area contributed by atoms with Gasteiger partial charge in [0.05, 0.1) is 24.7 Å². The maximum Gasteiger partial charge on any atom is 0.152 e. The zero-order valence-corrected chi connectivity index (χ0v) is 12.4. The van der Waals surface area contributed by atoms with Crippen LogP contribution in [0, 0.1) is 0 Å². The minimum absolute atomic E-state index is 0.0572. The Hall–Kier alpha value is -1.27. The number of benzene rings is 1. The van der Waals surface area contributed by atoms with Crippen LogP contribution in [0.2, 0.25) is 0 Å². The summed E-state index contributed by atoms with van der Waals surface area (Å²) in [5.74, 6) is 1.13. The summed E-state index contributed by atoms with van der Waals surface area (Å²) in [5, 5.41) is 12.6. The lowest BCUT2D eigenvalue weighted by atomic mass is 10.1. The summed E-state index contributed by atoms with van der Waals surface area (Å²) in [6.45, 7) is 2.33. The van der Waals surface area contributed by atoms with E-state index in [-0.39, 0.29) is 24.2 Å². The number of aliphatic hydroxyl groups is 1. The minimum Gasteiger partial charge on any atom is -0.494 e. The van der Waals surface area contributed by atoms with E-state index >= 15 is 0 Å². The number of sulfone groups is 1. The molecule has 0 bridgehead atoms. The van der Waals surface area contributed by atoms with Gasteiger partial charge in [0, 0.05) is 17.3 Å². The molecule has 2 rings (SSSR count). The van der Waals surface area contributed by atoms with Crippen molar-refractivity contribution in [3.8, 4) is 5.75 Å². The lowest BCUT2D eigenvalue weighted by Gasteiger charge is -2.24. The molecule has 0 saturated carbocycles. The summed E-state index contributed by atoms with van der Waals surface area (Å²) in [5.41, 5.74) is 1.52. The van der Waals surface area contributed by atoms with Crippen molar-refractivity contribution in [2.24, 2.45) is 0 Å². The van der Waals surface area contributed by atoms with Gasteiger partial charge >= 0.3 is 0 Å². The number of aliphatic hydroxyl groups excluding tert-OH is 1. The molecular formula is C14H21NO4S. The molecule has 5 nitrogen and oxygen atoms in total. The first-order chi connectivity index (χ1) is 9.54. The molecule has 1 heterocycles. The van der Waals surface area contributed by atoms with Gasteiger partial charge in [-0.25, -0.2) is 8.42 Å². The van der Waals surface area contributed by atoms with E-state index in [1.807, 2.05) is 19.1 Å². The molecule has 1 aliphatic rings. The van der Waals surface area contributed by atoms with Gasteiger partial charge in [-0.1, -0.05) is 0 Å². The lowest BCUT2D eigenvalue weighted by Crippen LogP contribution is -2.34. The molecule has 0 radical (unpaired) electrons. The summed E-state index contributed by atoms with van der Waals surface area (Å²) in [4.78, 5) is 0. The van der Waals surface area contributed by atoms with E-state index in [1.54, 1.807) is 6.07 Å². The first-order valence-corrected chi connectivity index (χ1v) is 8.69. The second kappa shape index (κ2) is 6.45. The molecule has 0 aliphatic carbocycles. The summed E-state index contributed by atoms with van der Waals surface area (Å²) < 4.78 is 28.6. The third-order valence-electron chi connectivity index (χ3n) is 3.36. The van der Waals surface area contributed by atoms with Gasteiger partial charge in [0.15, 0.2) is 9.84 Å². The van der Waals surface area contributed by atoms with E-state index in [2.05, 4.69) is 5.32 Å². The molecule has 0 aromatic heterocycles. The number of nitrogens with one attached hydrogen (secondary N) is 1. The van der Waals surface area contributed by atoms with Crippen molar-refractivity contribution in [3.05, 3.63) is 23.8 Å². The Bertz CT molecular complexity index is 556. The Labute approximate surface area is 119 Å². The molecule has 6 heteroatoms. The second-order valence-corrected chi connectivity index (χ2v) is 7.24. The Balaban J connectivity index is 2.09. The Morgan fingerprint density at radius 2 is 2.25 bits per heavy atom. The van der Waals surface area contributed by atoms with Crippen molar-refractivity contribution < 1.29 is 18.3 Å². The van der Waals surface area contributed by atoms with Gasteiger partial charge < -0.3 is 15.2 Å². The maximum atomic E-state index is 11.6. The molecule has 1 fully saturated rings. The molecule has 1 saturated heterocycles. The van der Waals surface area contributed by atoms with Crippen molar-refractivity contribution in [2.75, 3.05) is 23.4 Å². The zero-order chi connectivity index (χ0) is 14.6. The van der Waals surface area contributed by atoms with Crippen LogP contribution in [0.5, 0.6) is 5.75 Å². The topological polar surface area (TPSA) is 75.6 Å². The Morgan fingerprint density at radius 1 is 1.45 bits per heavy atom. The van der Waals surface area contributed by atoms with Crippen LogP contribution in [-0.4, -0.2) is 37.7 Å². The van der Waals surface area contributed by atoms with Gasteiger partial charge in [-0.3, -0.25) is 0 Å². The predicted octanol–water partition coefficient (Wildman–Crippen LogP) is 1.57. The van der Waals surface area contributed by atoms with Crippen LogP contribution in [0.4, 0.5) is 5.69 Å². The second-order valence-electron chi connectivity index (χ2n) is 5.01. The fourth-order valence-electron chi connectivity index (χ4n) is 2.46. The molecule has 20 heavy (non-hydrogen) atoms.